The second-order valence-corrected chi connectivity index (χ2v) is 5.83. The molecule has 0 saturated carbocycles. The van der Waals surface area contributed by atoms with Crippen LogP contribution in [0.4, 0.5) is 5.82 Å². The summed E-state index contributed by atoms with van der Waals surface area (Å²) >= 11 is 1.55. The van der Waals surface area contributed by atoms with Crippen molar-refractivity contribution in [1.82, 2.24) is 30.6 Å². The van der Waals surface area contributed by atoms with Crippen LogP contribution in [-0.2, 0) is 4.79 Å². The van der Waals surface area contributed by atoms with E-state index in [1.807, 2.05) is 18.1 Å². The van der Waals surface area contributed by atoms with Crippen molar-refractivity contribution in [2.24, 2.45) is 0 Å². The number of thioether (sulfide) groups is 1. The molecule has 9 heteroatoms. The smallest absolute Gasteiger partial charge is 0.259 e. The van der Waals surface area contributed by atoms with Crippen molar-refractivity contribution in [1.29, 1.82) is 0 Å². The minimum absolute atomic E-state index is 0.0557. The number of hydrogen-bond acceptors (Lipinski definition) is 7. The quantitative estimate of drug-likeness (QED) is 0.671. The number of nitrogens with one attached hydrogen (secondary N) is 3. The number of fused-ring (bicyclic) bond motifs is 1. The predicted molar refractivity (Wildman–Crippen MR) is 86.5 cm³/mol. The van der Waals surface area contributed by atoms with E-state index in [0.29, 0.717) is 17.1 Å². The molecule has 0 spiro atoms. The molecule has 0 unspecified atom stereocenters. The minimum atomic E-state index is -0.0557. The van der Waals surface area contributed by atoms with Gasteiger partial charge in [0.2, 0.25) is 0 Å². The van der Waals surface area contributed by atoms with Crippen molar-refractivity contribution in [2.75, 3.05) is 37.3 Å². The summed E-state index contributed by atoms with van der Waals surface area (Å²) in [6.07, 6.45) is 4.92. The fourth-order valence-corrected chi connectivity index (χ4v) is 3.06. The lowest BCUT2D eigenvalue weighted by molar-refractivity contribution is -0.116. The third-order valence-corrected chi connectivity index (χ3v) is 4.21. The third-order valence-electron chi connectivity index (χ3n) is 3.22. The summed E-state index contributed by atoms with van der Waals surface area (Å²) in [4.78, 5) is 30.4. The summed E-state index contributed by atoms with van der Waals surface area (Å²) in [6.45, 7) is 2.13. The molecule has 116 valence electrons. The van der Waals surface area contributed by atoms with Gasteiger partial charge in [0.15, 0.2) is 11.5 Å². The Kier molecular flexibility index (Phi) is 4.54. The number of rotatable bonds is 5. The van der Waals surface area contributed by atoms with E-state index in [4.69, 9.17) is 0 Å². The van der Waals surface area contributed by atoms with Gasteiger partial charge in [-0.1, -0.05) is 0 Å². The average Bonchev–Trinajstić information content (AvgIpc) is 3.03. The summed E-state index contributed by atoms with van der Waals surface area (Å²) in [5.74, 6) is 1.51. The Bertz CT molecular complexity index is 699. The van der Waals surface area contributed by atoms with Crippen LogP contribution in [0.3, 0.4) is 0 Å². The summed E-state index contributed by atoms with van der Waals surface area (Å²) in [5.41, 5.74) is 1.40. The fraction of sp³-hybridized carbons (Fsp3) is 0.385. The van der Waals surface area contributed by atoms with Crippen molar-refractivity contribution in [2.45, 2.75) is 0 Å². The van der Waals surface area contributed by atoms with Crippen molar-refractivity contribution in [3.8, 4) is 0 Å². The number of carbonyl (C=O) groups is 1. The van der Waals surface area contributed by atoms with Crippen molar-refractivity contribution in [3.05, 3.63) is 23.8 Å². The second-order valence-electron chi connectivity index (χ2n) is 4.69. The molecule has 0 saturated heterocycles. The summed E-state index contributed by atoms with van der Waals surface area (Å²) in [5, 5.41) is 5.89. The highest BCUT2D eigenvalue weighted by molar-refractivity contribution is 8.04. The lowest BCUT2D eigenvalue weighted by atomic mass is 10.4. The number of likely N-dealkylation sites (N-methyl/N-ethyl adjacent to an activating group) is 1. The van der Waals surface area contributed by atoms with Gasteiger partial charge in [-0.15, -0.1) is 11.8 Å². The summed E-state index contributed by atoms with van der Waals surface area (Å²) in [6, 6.07) is 0. The van der Waals surface area contributed by atoms with E-state index in [2.05, 4.69) is 30.6 Å². The number of H-pyrrole nitrogens is 1. The van der Waals surface area contributed by atoms with Crippen LogP contribution in [0.5, 0.6) is 0 Å². The number of imidazole rings is 1. The number of hydrogen-bond donors (Lipinski definition) is 3. The Morgan fingerprint density at radius 1 is 1.41 bits per heavy atom. The highest BCUT2D eigenvalue weighted by atomic mass is 32.2. The highest BCUT2D eigenvalue weighted by Crippen LogP contribution is 2.27. The minimum Gasteiger partial charge on any atom is -0.350 e. The zero-order valence-electron chi connectivity index (χ0n) is 12.2. The Balaban J connectivity index is 1.81. The molecule has 8 nitrogen and oxygen atoms in total. The van der Waals surface area contributed by atoms with Crippen LogP contribution in [-0.4, -0.2) is 58.3 Å². The van der Waals surface area contributed by atoms with Gasteiger partial charge in [0, 0.05) is 31.6 Å². The molecule has 1 aliphatic rings. The van der Waals surface area contributed by atoms with E-state index >= 15 is 0 Å². The third kappa shape index (κ3) is 3.04. The van der Waals surface area contributed by atoms with E-state index < -0.39 is 0 Å². The summed E-state index contributed by atoms with van der Waals surface area (Å²) < 4.78 is 0. The molecule has 22 heavy (non-hydrogen) atoms. The molecule has 3 N–H and O–H groups in total. The van der Waals surface area contributed by atoms with Crippen LogP contribution >= 0.6 is 11.8 Å². The molecule has 0 aliphatic carbocycles. The van der Waals surface area contributed by atoms with Crippen LogP contribution in [0.1, 0.15) is 0 Å². The van der Waals surface area contributed by atoms with Gasteiger partial charge in [-0.3, -0.25) is 4.79 Å². The van der Waals surface area contributed by atoms with E-state index in [-0.39, 0.29) is 5.91 Å². The van der Waals surface area contributed by atoms with Gasteiger partial charge < -0.3 is 20.5 Å². The van der Waals surface area contributed by atoms with Gasteiger partial charge in [-0.05, 0) is 7.05 Å². The molecule has 0 radical (unpaired) electrons. The van der Waals surface area contributed by atoms with Gasteiger partial charge in [-0.2, -0.15) is 0 Å². The molecule has 1 aliphatic heterocycles. The molecule has 3 heterocycles. The van der Waals surface area contributed by atoms with E-state index in [1.165, 1.54) is 6.33 Å². The molecule has 2 aromatic heterocycles. The van der Waals surface area contributed by atoms with Gasteiger partial charge >= 0.3 is 0 Å². The first-order valence-electron chi connectivity index (χ1n) is 6.97. The summed E-state index contributed by atoms with van der Waals surface area (Å²) in [7, 11) is 1.85. The van der Waals surface area contributed by atoms with Crippen LogP contribution in [0, 0.1) is 0 Å². The van der Waals surface area contributed by atoms with Crippen molar-refractivity contribution in [3.63, 3.8) is 0 Å². The Labute approximate surface area is 131 Å². The van der Waals surface area contributed by atoms with E-state index in [9.17, 15) is 4.79 Å². The van der Waals surface area contributed by atoms with E-state index in [0.717, 1.165) is 30.2 Å². The lowest BCUT2D eigenvalue weighted by Crippen LogP contribution is -2.34. The molecule has 0 fully saturated rings. The Morgan fingerprint density at radius 2 is 2.32 bits per heavy atom. The monoisotopic (exact) mass is 319 g/mol. The second kappa shape index (κ2) is 6.75. The van der Waals surface area contributed by atoms with Crippen molar-refractivity contribution < 1.29 is 4.79 Å². The molecule has 0 bridgehead atoms. The number of aromatic amines is 1. The normalized spacial score (nSPS) is 15.0. The van der Waals surface area contributed by atoms with Crippen LogP contribution < -0.4 is 15.5 Å². The SMILES string of the molecule is CNCCNC(=O)C1=CN(c2ncnc3nc[nH]c23)CCS1. The topological polar surface area (TPSA) is 98.8 Å². The van der Waals surface area contributed by atoms with Gasteiger partial charge in [0.25, 0.3) is 5.91 Å². The van der Waals surface area contributed by atoms with Crippen LogP contribution in [0.2, 0.25) is 0 Å². The molecule has 3 rings (SSSR count). The van der Waals surface area contributed by atoms with Gasteiger partial charge in [0.1, 0.15) is 11.8 Å². The van der Waals surface area contributed by atoms with Crippen LogP contribution in [0.15, 0.2) is 23.8 Å². The lowest BCUT2D eigenvalue weighted by Gasteiger charge is -2.25. The number of aromatic nitrogens is 4. The van der Waals surface area contributed by atoms with E-state index in [1.54, 1.807) is 18.1 Å². The largest absolute Gasteiger partial charge is 0.350 e. The van der Waals surface area contributed by atoms with Crippen LogP contribution in [0.25, 0.3) is 11.2 Å². The first kappa shape index (κ1) is 14.8. The molecular formula is C13H17N7OS. The number of carbonyl (C=O) groups excluding carboxylic acids is 1. The number of nitrogens with zero attached hydrogens (tertiary/aromatic N) is 4. The first-order chi connectivity index (χ1) is 10.8. The Morgan fingerprint density at radius 3 is 3.18 bits per heavy atom. The first-order valence-corrected chi connectivity index (χ1v) is 7.96. The zero-order chi connectivity index (χ0) is 15.4. The maximum atomic E-state index is 12.2. The van der Waals surface area contributed by atoms with Gasteiger partial charge in [0.05, 0.1) is 11.2 Å². The highest BCUT2D eigenvalue weighted by Gasteiger charge is 2.20. The van der Waals surface area contributed by atoms with Gasteiger partial charge in [-0.25, -0.2) is 15.0 Å². The molecule has 0 aromatic carbocycles. The maximum absolute atomic E-state index is 12.2. The number of anilines is 1. The maximum Gasteiger partial charge on any atom is 0.259 e. The zero-order valence-corrected chi connectivity index (χ0v) is 13.0. The average molecular weight is 319 g/mol. The Hall–Kier alpha value is -2.13. The molecular weight excluding hydrogens is 302 g/mol. The number of amides is 1. The molecule has 0 atom stereocenters. The molecule has 1 amide bonds. The standard InChI is InChI=1S/C13H17N7OS/c1-14-2-3-15-13(21)9-6-20(4-5-22-9)12-10-11(17-7-16-10)18-8-19-12/h6-8,14H,2-5H2,1H3,(H,15,21)(H,16,17,18,19). The molecule has 2 aromatic rings. The predicted octanol–water partition coefficient (Wildman–Crippen LogP) is 0.0831. The fourth-order valence-electron chi connectivity index (χ4n) is 2.15. The van der Waals surface area contributed by atoms with Crippen molar-refractivity contribution >= 4 is 34.7 Å².